The number of aliphatic carboxylic acids is 1. The Balaban J connectivity index is 1.39. The number of hydrogen-bond acceptors (Lipinski definition) is 5. The molecule has 1 fully saturated rings. The van der Waals surface area contributed by atoms with Crippen molar-refractivity contribution in [3.8, 4) is 17.6 Å². The molecule has 35 heavy (non-hydrogen) atoms. The van der Waals surface area contributed by atoms with Crippen molar-refractivity contribution in [1.29, 1.82) is 0 Å². The number of nitrogens with zero attached hydrogens (tertiary/aromatic N) is 2. The van der Waals surface area contributed by atoms with Crippen LogP contribution in [-0.2, 0) is 4.79 Å². The third-order valence-corrected chi connectivity index (χ3v) is 7.90. The highest BCUT2D eigenvalue weighted by Crippen LogP contribution is 2.36. The standard InChI is InChI=1S/C27H28ClFN2O3S/c1-34-20-5-7-25-22(16-20)21(8-11-30-25)24(29)6-4-18-9-13-31(17-19(18)15-27(32)33)12-2-3-26-23(28)10-14-35-26/h5,7-8,10-11,14,16,18-19,24H,4,6,9,12-13,15,17H2,1H3,(H,32,33)/t18-,19+,24?/m1/s1. The SMILES string of the molecule is COc1ccc2nccc(C(F)CC[C@@H]3CCN(CC#Cc4sccc4Cl)C[C@@H]3CC(=O)O)c2c1. The zero-order chi connectivity index (χ0) is 24.8. The number of carboxylic acids is 1. The third-order valence-electron chi connectivity index (χ3n) is 6.64. The summed E-state index contributed by atoms with van der Waals surface area (Å²) in [7, 11) is 1.59. The molecule has 0 spiro atoms. The molecule has 1 unspecified atom stereocenters. The van der Waals surface area contributed by atoms with Crippen molar-refractivity contribution < 1.29 is 19.0 Å². The van der Waals surface area contributed by atoms with E-state index in [0.717, 1.165) is 28.7 Å². The van der Waals surface area contributed by atoms with E-state index in [1.807, 2.05) is 29.6 Å². The molecule has 184 valence electrons. The van der Waals surface area contributed by atoms with Crippen molar-refractivity contribution in [3.63, 3.8) is 0 Å². The van der Waals surface area contributed by atoms with Crippen LogP contribution in [0, 0.1) is 23.7 Å². The molecule has 1 aliphatic rings. The van der Waals surface area contributed by atoms with Gasteiger partial charge in [-0.1, -0.05) is 23.4 Å². The number of thiophene rings is 1. The molecule has 5 nitrogen and oxygen atoms in total. The minimum atomic E-state index is -1.16. The minimum absolute atomic E-state index is 0.0325. The zero-order valence-electron chi connectivity index (χ0n) is 19.5. The Morgan fingerprint density at radius 3 is 2.97 bits per heavy atom. The monoisotopic (exact) mass is 514 g/mol. The van der Waals surface area contributed by atoms with Crippen LogP contribution in [-0.4, -0.2) is 47.7 Å². The van der Waals surface area contributed by atoms with Gasteiger partial charge in [0, 0.05) is 24.5 Å². The second-order valence-electron chi connectivity index (χ2n) is 8.87. The van der Waals surface area contributed by atoms with E-state index in [2.05, 4.69) is 21.7 Å². The number of pyridine rings is 1. The Labute approximate surface area is 213 Å². The predicted octanol–water partition coefficient (Wildman–Crippen LogP) is 6.21. The van der Waals surface area contributed by atoms with Crippen LogP contribution in [0.15, 0.2) is 41.9 Å². The van der Waals surface area contributed by atoms with E-state index in [-0.39, 0.29) is 18.3 Å². The maximum Gasteiger partial charge on any atom is 0.303 e. The summed E-state index contributed by atoms with van der Waals surface area (Å²) in [6.07, 6.45) is 2.37. The number of methoxy groups -OCH3 is 1. The van der Waals surface area contributed by atoms with E-state index in [0.29, 0.717) is 42.3 Å². The predicted molar refractivity (Wildman–Crippen MR) is 138 cm³/mol. The molecule has 0 amide bonds. The highest BCUT2D eigenvalue weighted by molar-refractivity contribution is 7.11. The van der Waals surface area contributed by atoms with Crippen molar-refractivity contribution in [2.45, 2.75) is 31.9 Å². The number of benzene rings is 1. The van der Waals surface area contributed by atoms with Crippen LogP contribution in [0.4, 0.5) is 4.39 Å². The number of halogens is 2. The Morgan fingerprint density at radius 2 is 2.23 bits per heavy atom. The molecule has 3 atom stereocenters. The first-order chi connectivity index (χ1) is 16.9. The van der Waals surface area contributed by atoms with Crippen molar-refractivity contribution in [3.05, 3.63) is 57.4 Å². The van der Waals surface area contributed by atoms with Gasteiger partial charge in [0.25, 0.3) is 0 Å². The molecule has 8 heteroatoms. The smallest absolute Gasteiger partial charge is 0.303 e. The highest BCUT2D eigenvalue weighted by Gasteiger charge is 2.31. The topological polar surface area (TPSA) is 62.7 Å². The zero-order valence-corrected chi connectivity index (χ0v) is 21.1. The number of aromatic nitrogens is 1. The van der Waals surface area contributed by atoms with Gasteiger partial charge in [0.05, 0.1) is 29.1 Å². The largest absolute Gasteiger partial charge is 0.497 e. The van der Waals surface area contributed by atoms with Crippen molar-refractivity contribution >= 4 is 39.8 Å². The van der Waals surface area contributed by atoms with Gasteiger partial charge in [-0.15, -0.1) is 11.3 Å². The molecule has 1 saturated heterocycles. The molecular weight excluding hydrogens is 487 g/mol. The second-order valence-corrected chi connectivity index (χ2v) is 10.2. The quantitative estimate of drug-likeness (QED) is 0.362. The van der Waals surface area contributed by atoms with E-state index >= 15 is 4.39 Å². The Kier molecular flexibility index (Phi) is 8.61. The number of carboxylic acid groups (broad SMARTS) is 1. The summed E-state index contributed by atoms with van der Waals surface area (Å²) < 4.78 is 20.7. The lowest BCUT2D eigenvalue weighted by Crippen LogP contribution is -2.41. The van der Waals surface area contributed by atoms with Gasteiger partial charge < -0.3 is 9.84 Å². The van der Waals surface area contributed by atoms with E-state index in [1.165, 1.54) is 11.3 Å². The molecule has 0 radical (unpaired) electrons. The van der Waals surface area contributed by atoms with Gasteiger partial charge in [0.1, 0.15) is 11.9 Å². The fraction of sp³-hybridized carbons (Fsp3) is 0.407. The van der Waals surface area contributed by atoms with Gasteiger partial charge >= 0.3 is 5.97 Å². The molecule has 0 saturated carbocycles. The number of likely N-dealkylation sites (tertiary alicyclic amines) is 1. The Bertz CT molecular complexity index is 1240. The van der Waals surface area contributed by atoms with Gasteiger partial charge in [-0.05, 0) is 78.9 Å². The average molecular weight is 515 g/mol. The summed E-state index contributed by atoms with van der Waals surface area (Å²) in [4.78, 5) is 18.9. The first kappa shape index (κ1) is 25.4. The molecular formula is C27H28ClFN2O3S. The summed E-state index contributed by atoms with van der Waals surface area (Å²) in [6.45, 7) is 2.03. The minimum Gasteiger partial charge on any atom is -0.497 e. The second kappa shape index (κ2) is 11.9. The van der Waals surface area contributed by atoms with E-state index < -0.39 is 12.1 Å². The summed E-state index contributed by atoms with van der Waals surface area (Å²) in [5.74, 6) is 6.24. The fourth-order valence-electron chi connectivity index (χ4n) is 4.81. The van der Waals surface area contributed by atoms with E-state index in [4.69, 9.17) is 16.3 Å². The van der Waals surface area contributed by atoms with Gasteiger partial charge in [-0.25, -0.2) is 4.39 Å². The number of piperidine rings is 1. The molecule has 3 aromatic rings. The molecule has 0 aliphatic carbocycles. The number of hydrogen-bond donors (Lipinski definition) is 1. The summed E-state index contributed by atoms with van der Waals surface area (Å²) in [5.41, 5.74) is 1.33. The third kappa shape index (κ3) is 6.52. The fourth-order valence-corrected chi connectivity index (χ4v) is 5.78. The van der Waals surface area contributed by atoms with Crippen molar-refractivity contribution in [2.75, 3.05) is 26.7 Å². The molecule has 2 aromatic heterocycles. The van der Waals surface area contributed by atoms with Crippen LogP contribution in [0.2, 0.25) is 5.02 Å². The summed E-state index contributed by atoms with van der Waals surface area (Å²) in [5, 5.41) is 12.8. The number of carbonyl (C=O) groups is 1. The molecule has 1 aliphatic heterocycles. The summed E-state index contributed by atoms with van der Waals surface area (Å²) >= 11 is 7.61. The molecule has 1 N–H and O–H groups in total. The van der Waals surface area contributed by atoms with E-state index in [9.17, 15) is 9.90 Å². The van der Waals surface area contributed by atoms with Gasteiger partial charge in [0.15, 0.2) is 0 Å². The summed E-state index contributed by atoms with van der Waals surface area (Å²) in [6, 6.07) is 9.02. The van der Waals surface area contributed by atoms with Gasteiger partial charge in [0.2, 0.25) is 0 Å². The van der Waals surface area contributed by atoms with Crippen LogP contribution in [0.1, 0.15) is 42.3 Å². The molecule has 1 aromatic carbocycles. The molecule has 3 heterocycles. The van der Waals surface area contributed by atoms with E-state index in [1.54, 1.807) is 19.4 Å². The maximum absolute atomic E-state index is 15.4. The average Bonchev–Trinajstić information content (AvgIpc) is 3.26. The highest BCUT2D eigenvalue weighted by atomic mass is 35.5. The first-order valence-electron chi connectivity index (χ1n) is 11.7. The number of fused-ring (bicyclic) bond motifs is 1. The van der Waals surface area contributed by atoms with Crippen LogP contribution < -0.4 is 4.74 Å². The van der Waals surface area contributed by atoms with Crippen LogP contribution in [0.3, 0.4) is 0 Å². The Morgan fingerprint density at radius 1 is 1.37 bits per heavy atom. The molecule has 4 rings (SSSR count). The lowest BCUT2D eigenvalue weighted by atomic mass is 9.79. The first-order valence-corrected chi connectivity index (χ1v) is 12.9. The normalized spacial score (nSPS) is 19.2. The molecule has 0 bridgehead atoms. The maximum atomic E-state index is 15.4. The van der Waals surface area contributed by atoms with Crippen LogP contribution in [0.25, 0.3) is 10.9 Å². The number of alkyl halides is 1. The van der Waals surface area contributed by atoms with Gasteiger partial charge in [-0.3, -0.25) is 14.7 Å². The lowest BCUT2D eigenvalue weighted by Gasteiger charge is -2.37. The van der Waals surface area contributed by atoms with Crippen LogP contribution >= 0.6 is 22.9 Å². The number of ether oxygens (including phenoxy) is 1. The lowest BCUT2D eigenvalue weighted by molar-refractivity contribution is -0.139. The van der Waals surface area contributed by atoms with Crippen LogP contribution in [0.5, 0.6) is 5.75 Å². The van der Waals surface area contributed by atoms with Gasteiger partial charge in [-0.2, -0.15) is 0 Å². The van der Waals surface area contributed by atoms with Crippen molar-refractivity contribution in [1.82, 2.24) is 9.88 Å². The Hall–Kier alpha value is -2.66. The number of rotatable bonds is 8. The van der Waals surface area contributed by atoms with Crippen molar-refractivity contribution in [2.24, 2.45) is 11.8 Å².